The highest BCUT2D eigenvalue weighted by atomic mass is 35.5. The number of aliphatic hydroxyl groups is 1. The van der Waals surface area contributed by atoms with Crippen molar-refractivity contribution in [2.75, 3.05) is 13.2 Å². The van der Waals surface area contributed by atoms with Crippen molar-refractivity contribution in [2.45, 2.75) is 6.42 Å². The van der Waals surface area contributed by atoms with E-state index in [2.05, 4.69) is 10.3 Å². The maximum Gasteiger partial charge on any atom is 0.319 e. The van der Waals surface area contributed by atoms with Gasteiger partial charge in [0.15, 0.2) is 0 Å². The summed E-state index contributed by atoms with van der Waals surface area (Å²) in [4.78, 5) is 25.1. The van der Waals surface area contributed by atoms with Gasteiger partial charge < -0.3 is 10.4 Å². The zero-order valence-electron chi connectivity index (χ0n) is 8.72. The van der Waals surface area contributed by atoms with Gasteiger partial charge in [0, 0.05) is 19.3 Å². The first-order chi connectivity index (χ1) is 8.07. The van der Waals surface area contributed by atoms with Crippen molar-refractivity contribution in [1.82, 2.24) is 10.3 Å². The molecule has 1 aromatic heterocycles. The average molecular weight is 260 g/mol. The lowest BCUT2D eigenvalue weighted by Crippen LogP contribution is -2.26. The van der Waals surface area contributed by atoms with Crippen molar-refractivity contribution in [3.63, 3.8) is 0 Å². The average Bonchev–Trinajstić information content (AvgIpc) is 2.28. The number of amides is 1. The molecule has 1 rings (SSSR count). The quantitative estimate of drug-likeness (QED) is 0.351. The molecule has 0 aliphatic carbocycles. The maximum absolute atomic E-state index is 11.6. The maximum atomic E-state index is 11.6. The third kappa shape index (κ3) is 3.36. The lowest BCUT2D eigenvalue weighted by Gasteiger charge is -2.05. The van der Waals surface area contributed by atoms with Crippen LogP contribution in [0.25, 0.3) is 0 Å². The number of aromatic nitrogens is 1. The van der Waals surface area contributed by atoms with Gasteiger partial charge in [0.05, 0.1) is 4.92 Å². The highest BCUT2D eigenvalue weighted by Gasteiger charge is 2.24. The van der Waals surface area contributed by atoms with Crippen LogP contribution in [0.3, 0.4) is 0 Å². The van der Waals surface area contributed by atoms with Crippen molar-refractivity contribution in [3.05, 3.63) is 33.1 Å². The zero-order chi connectivity index (χ0) is 12.8. The fourth-order valence-electron chi connectivity index (χ4n) is 1.16. The van der Waals surface area contributed by atoms with Crippen LogP contribution < -0.4 is 5.32 Å². The first-order valence-electron chi connectivity index (χ1n) is 4.76. The lowest BCUT2D eigenvalue weighted by atomic mass is 10.2. The Morgan fingerprint density at radius 2 is 2.35 bits per heavy atom. The predicted octanol–water partition coefficient (Wildman–Crippen LogP) is 0.755. The standard InChI is InChI=1S/C9H10ClN3O4/c10-8-7(13(16)17)6(2-4-11-8)9(15)12-3-1-5-14/h2,4,14H,1,3,5H2,(H,12,15). The number of rotatable bonds is 5. The number of pyridine rings is 1. The Morgan fingerprint density at radius 1 is 1.65 bits per heavy atom. The third-order valence-electron chi connectivity index (χ3n) is 1.93. The molecule has 0 radical (unpaired) electrons. The number of nitrogens with one attached hydrogen (secondary N) is 1. The Morgan fingerprint density at radius 3 is 2.94 bits per heavy atom. The van der Waals surface area contributed by atoms with Crippen LogP contribution in [0.15, 0.2) is 12.3 Å². The summed E-state index contributed by atoms with van der Waals surface area (Å²) in [6, 6.07) is 1.22. The molecule has 7 nitrogen and oxygen atoms in total. The van der Waals surface area contributed by atoms with Gasteiger partial charge in [-0.25, -0.2) is 4.98 Å². The van der Waals surface area contributed by atoms with Crippen LogP contribution in [0.2, 0.25) is 5.15 Å². The summed E-state index contributed by atoms with van der Waals surface area (Å²) in [5.41, 5.74) is -0.663. The van der Waals surface area contributed by atoms with E-state index in [1.165, 1.54) is 12.3 Å². The summed E-state index contributed by atoms with van der Waals surface area (Å²) in [6.45, 7) is 0.159. The molecular weight excluding hydrogens is 250 g/mol. The number of hydrogen-bond acceptors (Lipinski definition) is 5. The molecule has 0 saturated heterocycles. The third-order valence-corrected chi connectivity index (χ3v) is 2.20. The van der Waals surface area contributed by atoms with Crippen molar-refractivity contribution >= 4 is 23.2 Å². The van der Waals surface area contributed by atoms with E-state index in [-0.39, 0.29) is 23.9 Å². The second-order valence-corrected chi connectivity index (χ2v) is 3.45. The van der Waals surface area contributed by atoms with E-state index in [0.29, 0.717) is 6.42 Å². The Hall–Kier alpha value is -1.73. The minimum atomic E-state index is -0.754. The van der Waals surface area contributed by atoms with Crippen LogP contribution in [0.4, 0.5) is 5.69 Å². The van der Waals surface area contributed by atoms with Crippen LogP contribution >= 0.6 is 11.6 Å². The van der Waals surface area contributed by atoms with E-state index in [4.69, 9.17) is 16.7 Å². The fourth-order valence-corrected chi connectivity index (χ4v) is 1.39. The number of nitro groups is 1. The van der Waals surface area contributed by atoms with Gasteiger partial charge in [-0.15, -0.1) is 0 Å². The number of nitrogens with zero attached hydrogens (tertiary/aromatic N) is 2. The molecule has 1 aromatic rings. The van der Waals surface area contributed by atoms with E-state index < -0.39 is 16.5 Å². The molecule has 0 spiro atoms. The second-order valence-electron chi connectivity index (χ2n) is 3.09. The fraction of sp³-hybridized carbons (Fsp3) is 0.333. The molecule has 1 heterocycles. The van der Waals surface area contributed by atoms with Gasteiger partial charge in [-0.2, -0.15) is 0 Å². The largest absolute Gasteiger partial charge is 0.396 e. The summed E-state index contributed by atoms with van der Waals surface area (Å²) in [5.74, 6) is -0.616. The minimum absolute atomic E-state index is 0.0700. The molecule has 92 valence electrons. The monoisotopic (exact) mass is 259 g/mol. The smallest absolute Gasteiger partial charge is 0.319 e. The summed E-state index contributed by atoms with van der Waals surface area (Å²) in [6.07, 6.45) is 1.59. The summed E-state index contributed by atoms with van der Waals surface area (Å²) >= 11 is 5.56. The normalized spacial score (nSPS) is 10.0. The van der Waals surface area contributed by atoms with Crippen molar-refractivity contribution in [1.29, 1.82) is 0 Å². The molecule has 8 heteroatoms. The van der Waals surface area contributed by atoms with Gasteiger partial charge in [0.2, 0.25) is 5.15 Å². The molecule has 17 heavy (non-hydrogen) atoms. The van der Waals surface area contributed by atoms with Crippen LogP contribution in [0, 0.1) is 10.1 Å². The predicted molar refractivity (Wildman–Crippen MR) is 59.9 cm³/mol. The van der Waals surface area contributed by atoms with Gasteiger partial charge in [-0.05, 0) is 12.5 Å². The number of carbonyl (C=O) groups is 1. The van der Waals surface area contributed by atoms with Crippen molar-refractivity contribution < 1.29 is 14.8 Å². The molecule has 0 unspecified atom stereocenters. The molecule has 0 aliphatic rings. The molecular formula is C9H10ClN3O4. The van der Waals surface area contributed by atoms with E-state index in [1.807, 2.05) is 0 Å². The summed E-state index contributed by atoms with van der Waals surface area (Å²) < 4.78 is 0. The summed E-state index contributed by atoms with van der Waals surface area (Å²) in [7, 11) is 0. The van der Waals surface area contributed by atoms with Gasteiger partial charge in [-0.1, -0.05) is 11.6 Å². The first-order valence-corrected chi connectivity index (χ1v) is 5.13. The molecule has 0 aromatic carbocycles. The molecule has 0 bridgehead atoms. The minimum Gasteiger partial charge on any atom is -0.396 e. The van der Waals surface area contributed by atoms with Crippen molar-refractivity contribution in [2.24, 2.45) is 0 Å². The number of halogens is 1. The molecule has 0 aliphatic heterocycles. The van der Waals surface area contributed by atoms with Crippen LogP contribution in [0.5, 0.6) is 0 Å². The number of aliphatic hydroxyl groups excluding tert-OH is 1. The van der Waals surface area contributed by atoms with Gasteiger partial charge >= 0.3 is 5.69 Å². The van der Waals surface area contributed by atoms with E-state index in [1.54, 1.807) is 0 Å². The Balaban J connectivity index is 2.93. The number of hydrogen-bond donors (Lipinski definition) is 2. The Bertz CT molecular complexity index is 438. The highest BCUT2D eigenvalue weighted by Crippen LogP contribution is 2.25. The topological polar surface area (TPSA) is 105 Å². The summed E-state index contributed by atoms with van der Waals surface area (Å²) in [5, 5.41) is 21.4. The molecule has 0 atom stereocenters. The van der Waals surface area contributed by atoms with Gasteiger partial charge in [0.1, 0.15) is 5.56 Å². The Kier molecular flexibility index (Phi) is 4.80. The second kappa shape index (κ2) is 6.12. The van der Waals surface area contributed by atoms with Crippen molar-refractivity contribution in [3.8, 4) is 0 Å². The molecule has 2 N–H and O–H groups in total. The lowest BCUT2D eigenvalue weighted by molar-refractivity contribution is -0.385. The highest BCUT2D eigenvalue weighted by molar-refractivity contribution is 6.32. The van der Waals surface area contributed by atoms with E-state index >= 15 is 0 Å². The first kappa shape index (κ1) is 13.3. The van der Waals surface area contributed by atoms with Crippen LogP contribution in [-0.2, 0) is 0 Å². The molecule has 0 saturated carbocycles. The van der Waals surface area contributed by atoms with Gasteiger partial charge in [-0.3, -0.25) is 14.9 Å². The van der Waals surface area contributed by atoms with Crippen LogP contribution in [0.1, 0.15) is 16.8 Å². The van der Waals surface area contributed by atoms with E-state index in [9.17, 15) is 14.9 Å². The SMILES string of the molecule is O=C(NCCCO)c1ccnc(Cl)c1[N+](=O)[O-]. The van der Waals surface area contributed by atoms with Gasteiger partial charge in [0.25, 0.3) is 5.91 Å². The van der Waals surface area contributed by atoms with E-state index in [0.717, 1.165) is 0 Å². The molecule has 0 fully saturated rings. The van der Waals surface area contributed by atoms with Crippen LogP contribution in [-0.4, -0.2) is 34.1 Å². The Labute approximate surface area is 102 Å². The molecule has 1 amide bonds. The zero-order valence-corrected chi connectivity index (χ0v) is 9.48. The number of carbonyl (C=O) groups excluding carboxylic acids is 1.